The number of fused-ring (bicyclic) bond motifs is 1. The Morgan fingerprint density at radius 2 is 1.82 bits per heavy atom. The number of likely N-dealkylation sites (tertiary alicyclic amines) is 1. The van der Waals surface area contributed by atoms with Crippen molar-refractivity contribution in [2.24, 2.45) is 5.92 Å². The van der Waals surface area contributed by atoms with E-state index in [1.165, 1.54) is 12.6 Å². The zero-order chi connectivity index (χ0) is 24.3. The van der Waals surface area contributed by atoms with E-state index < -0.39 is 5.60 Å². The monoisotopic (exact) mass is 463 g/mol. The van der Waals surface area contributed by atoms with Crippen molar-refractivity contribution in [1.29, 1.82) is 0 Å². The number of carbonyl (C=O) groups excluding carboxylic acids is 2. The number of hydrogen-bond acceptors (Lipinski definition) is 4. The number of rotatable bonds is 6. The zero-order valence-electron chi connectivity index (χ0n) is 20.6. The maximum atomic E-state index is 13.8. The molecular weight excluding hydrogens is 426 g/mol. The van der Waals surface area contributed by atoms with Gasteiger partial charge in [-0.25, -0.2) is 0 Å². The third-order valence-corrected chi connectivity index (χ3v) is 7.62. The predicted octanol–water partition coefficient (Wildman–Crippen LogP) is 5.00. The number of benzene rings is 2. The van der Waals surface area contributed by atoms with E-state index in [-0.39, 0.29) is 23.8 Å². The number of anilines is 2. The van der Waals surface area contributed by atoms with Gasteiger partial charge in [-0.2, -0.15) is 0 Å². The van der Waals surface area contributed by atoms with Crippen LogP contribution in [0.25, 0.3) is 0 Å². The summed E-state index contributed by atoms with van der Waals surface area (Å²) in [5.41, 5.74) is 2.69. The summed E-state index contributed by atoms with van der Waals surface area (Å²) in [4.78, 5) is 29.6. The summed E-state index contributed by atoms with van der Waals surface area (Å²) in [5.74, 6) is -0.213. The summed E-state index contributed by atoms with van der Waals surface area (Å²) in [5, 5.41) is 14.3. The molecule has 34 heavy (non-hydrogen) atoms. The van der Waals surface area contributed by atoms with Crippen LogP contribution >= 0.6 is 0 Å². The molecule has 3 atom stereocenters. The Morgan fingerprint density at radius 3 is 2.50 bits per heavy atom. The lowest BCUT2D eigenvalue weighted by Gasteiger charge is -2.52. The van der Waals surface area contributed by atoms with Crippen molar-refractivity contribution in [2.45, 2.75) is 64.5 Å². The lowest BCUT2D eigenvalue weighted by molar-refractivity contribution is -0.115. The van der Waals surface area contributed by atoms with Crippen LogP contribution in [-0.4, -0.2) is 47.1 Å². The largest absolute Gasteiger partial charge is 0.389 e. The number of nitrogens with one attached hydrogen (secondary N) is 1. The molecule has 2 aromatic rings. The van der Waals surface area contributed by atoms with Crippen LogP contribution in [0.5, 0.6) is 0 Å². The highest BCUT2D eigenvalue weighted by atomic mass is 16.3. The van der Waals surface area contributed by atoms with Crippen molar-refractivity contribution in [2.75, 3.05) is 29.9 Å². The van der Waals surface area contributed by atoms with Gasteiger partial charge in [0, 0.05) is 49.4 Å². The molecule has 4 rings (SSSR count). The summed E-state index contributed by atoms with van der Waals surface area (Å²) in [6, 6.07) is 15.5. The molecule has 0 unspecified atom stereocenters. The SMILES string of the molecule is CCN(CC)c1ccc([C@@H]2[C@H]3CCCC[C@@]3(O)CCN2C(=O)c2cccc(NC(C)=O)c2)cc1. The molecule has 2 N–H and O–H groups in total. The summed E-state index contributed by atoms with van der Waals surface area (Å²) >= 11 is 0. The predicted molar refractivity (Wildman–Crippen MR) is 136 cm³/mol. The molecule has 1 saturated carbocycles. The lowest BCUT2D eigenvalue weighted by atomic mass is 9.66. The molecule has 0 spiro atoms. The van der Waals surface area contributed by atoms with Gasteiger partial charge in [0.15, 0.2) is 0 Å². The van der Waals surface area contributed by atoms with Crippen LogP contribution in [-0.2, 0) is 4.79 Å². The van der Waals surface area contributed by atoms with Crippen molar-refractivity contribution in [3.8, 4) is 0 Å². The maximum Gasteiger partial charge on any atom is 0.254 e. The molecule has 2 aromatic carbocycles. The minimum atomic E-state index is -0.727. The molecular formula is C28H37N3O3. The van der Waals surface area contributed by atoms with Gasteiger partial charge in [0.1, 0.15) is 0 Å². The highest BCUT2D eigenvalue weighted by Crippen LogP contribution is 2.49. The second-order valence-corrected chi connectivity index (χ2v) is 9.68. The quantitative estimate of drug-likeness (QED) is 0.632. The first kappa shape index (κ1) is 24.3. The Morgan fingerprint density at radius 1 is 1.09 bits per heavy atom. The second-order valence-electron chi connectivity index (χ2n) is 9.68. The van der Waals surface area contributed by atoms with E-state index in [1.807, 2.05) is 4.90 Å². The minimum absolute atomic E-state index is 0.0109. The summed E-state index contributed by atoms with van der Waals surface area (Å²) in [7, 11) is 0. The van der Waals surface area contributed by atoms with Gasteiger partial charge in [-0.05, 0) is 69.0 Å². The minimum Gasteiger partial charge on any atom is -0.389 e. The third-order valence-electron chi connectivity index (χ3n) is 7.62. The Balaban J connectivity index is 1.69. The maximum absolute atomic E-state index is 13.8. The normalized spacial score (nSPS) is 24.3. The van der Waals surface area contributed by atoms with Crippen molar-refractivity contribution in [3.05, 3.63) is 59.7 Å². The topological polar surface area (TPSA) is 72.9 Å². The van der Waals surface area contributed by atoms with E-state index in [9.17, 15) is 14.7 Å². The molecule has 6 nitrogen and oxygen atoms in total. The second kappa shape index (κ2) is 10.2. The van der Waals surface area contributed by atoms with E-state index in [1.54, 1.807) is 24.3 Å². The average molecular weight is 464 g/mol. The molecule has 182 valence electrons. The molecule has 6 heteroatoms. The van der Waals surface area contributed by atoms with Gasteiger partial charge in [0.25, 0.3) is 5.91 Å². The van der Waals surface area contributed by atoms with Crippen LogP contribution in [0.1, 0.15) is 74.8 Å². The summed E-state index contributed by atoms with van der Waals surface area (Å²) in [6.45, 7) is 8.15. The van der Waals surface area contributed by atoms with Crippen LogP contribution in [0.3, 0.4) is 0 Å². The molecule has 1 aliphatic carbocycles. The summed E-state index contributed by atoms with van der Waals surface area (Å²) < 4.78 is 0. The van der Waals surface area contributed by atoms with Gasteiger partial charge < -0.3 is 20.2 Å². The molecule has 1 saturated heterocycles. The standard InChI is InChI=1S/C28H37N3O3/c1-4-30(5-2)24-14-12-21(13-15-24)26-25-11-6-7-16-28(25,34)17-18-31(26)27(33)22-9-8-10-23(19-22)29-20(3)32/h8-10,12-15,19,25-26,34H,4-7,11,16-18H2,1-3H3,(H,29,32)/t25-,26-,28-/m1/s1. The molecule has 0 radical (unpaired) electrons. The van der Waals surface area contributed by atoms with Crippen molar-refractivity contribution >= 4 is 23.2 Å². The first-order valence-corrected chi connectivity index (χ1v) is 12.6. The Hall–Kier alpha value is -2.86. The van der Waals surface area contributed by atoms with Crippen LogP contribution in [0, 0.1) is 5.92 Å². The van der Waals surface area contributed by atoms with Crippen LogP contribution < -0.4 is 10.2 Å². The average Bonchev–Trinajstić information content (AvgIpc) is 2.83. The Kier molecular flexibility index (Phi) is 7.27. The number of carbonyl (C=O) groups is 2. The Bertz CT molecular complexity index is 1020. The van der Waals surface area contributed by atoms with Gasteiger partial charge in [0.2, 0.25) is 5.91 Å². The first-order chi connectivity index (χ1) is 16.4. The van der Waals surface area contributed by atoms with Crippen molar-refractivity contribution in [3.63, 3.8) is 0 Å². The zero-order valence-corrected chi connectivity index (χ0v) is 20.6. The fourth-order valence-electron chi connectivity index (χ4n) is 5.89. The van der Waals surface area contributed by atoms with Gasteiger partial charge in [-0.1, -0.05) is 31.0 Å². The highest BCUT2D eigenvalue weighted by molar-refractivity contribution is 5.97. The number of amides is 2. The fourth-order valence-corrected chi connectivity index (χ4v) is 5.89. The lowest BCUT2D eigenvalue weighted by Crippen LogP contribution is -2.56. The van der Waals surface area contributed by atoms with Gasteiger partial charge in [0.05, 0.1) is 11.6 Å². The first-order valence-electron chi connectivity index (χ1n) is 12.6. The third kappa shape index (κ3) is 4.83. The number of nitrogens with zero attached hydrogens (tertiary/aromatic N) is 2. The van der Waals surface area contributed by atoms with Gasteiger partial charge >= 0.3 is 0 Å². The van der Waals surface area contributed by atoms with Crippen LogP contribution in [0.2, 0.25) is 0 Å². The molecule has 1 heterocycles. The van der Waals surface area contributed by atoms with E-state index >= 15 is 0 Å². The van der Waals surface area contributed by atoms with E-state index in [0.29, 0.717) is 24.2 Å². The molecule has 0 aromatic heterocycles. The summed E-state index contributed by atoms with van der Waals surface area (Å²) in [6.07, 6.45) is 4.41. The molecule has 2 aliphatic rings. The Labute approximate surface area is 203 Å². The molecule has 1 aliphatic heterocycles. The highest BCUT2D eigenvalue weighted by Gasteiger charge is 2.50. The number of aliphatic hydroxyl groups is 1. The molecule has 0 bridgehead atoms. The van der Waals surface area contributed by atoms with Crippen LogP contribution in [0.4, 0.5) is 11.4 Å². The fraction of sp³-hybridized carbons (Fsp3) is 0.500. The van der Waals surface area contributed by atoms with E-state index in [2.05, 4.69) is 48.3 Å². The van der Waals surface area contributed by atoms with Crippen molar-refractivity contribution < 1.29 is 14.7 Å². The molecule has 2 fully saturated rings. The van der Waals surface area contributed by atoms with E-state index in [0.717, 1.165) is 44.3 Å². The number of piperidine rings is 1. The number of hydrogen-bond donors (Lipinski definition) is 2. The van der Waals surface area contributed by atoms with Crippen molar-refractivity contribution in [1.82, 2.24) is 4.90 Å². The smallest absolute Gasteiger partial charge is 0.254 e. The van der Waals surface area contributed by atoms with Crippen LogP contribution in [0.15, 0.2) is 48.5 Å². The van der Waals surface area contributed by atoms with Gasteiger partial charge in [-0.15, -0.1) is 0 Å². The molecule has 2 amide bonds. The van der Waals surface area contributed by atoms with E-state index in [4.69, 9.17) is 0 Å². The van der Waals surface area contributed by atoms with Gasteiger partial charge in [-0.3, -0.25) is 9.59 Å².